The Morgan fingerprint density at radius 1 is 0.688 bits per heavy atom. The summed E-state index contributed by atoms with van der Waals surface area (Å²) >= 11 is 0. The molecule has 252 valence electrons. The van der Waals surface area contributed by atoms with E-state index in [1.165, 1.54) is 5.56 Å². The zero-order valence-electron chi connectivity index (χ0n) is 28.0. The van der Waals surface area contributed by atoms with E-state index in [4.69, 9.17) is 18.9 Å². The van der Waals surface area contributed by atoms with E-state index in [1.54, 1.807) is 54.6 Å². The van der Waals surface area contributed by atoms with Gasteiger partial charge in [-0.15, -0.1) is 0 Å². The van der Waals surface area contributed by atoms with Crippen LogP contribution in [-0.4, -0.2) is 31.1 Å². The minimum atomic E-state index is -0.535. The molecule has 0 aliphatic heterocycles. The molecule has 9 heteroatoms. The van der Waals surface area contributed by atoms with Gasteiger partial charge in [0.1, 0.15) is 17.2 Å². The van der Waals surface area contributed by atoms with Crippen LogP contribution in [0.5, 0.6) is 17.2 Å². The Balaban J connectivity index is 1.19. The largest absolute Gasteiger partial charge is 0.494 e. The Morgan fingerprint density at radius 3 is 1.90 bits per heavy atom. The molecule has 4 aromatic carbocycles. The summed E-state index contributed by atoms with van der Waals surface area (Å²) in [5.74, 6) is 0.0531. The molecule has 1 atom stereocenters. The van der Waals surface area contributed by atoms with Gasteiger partial charge in [-0.2, -0.15) is 0 Å². The van der Waals surface area contributed by atoms with E-state index >= 15 is 0 Å². The average Bonchev–Trinajstić information content (AvgIpc) is 3.10. The first kappa shape index (κ1) is 35.5. The minimum absolute atomic E-state index is 0.0831. The van der Waals surface area contributed by atoms with Gasteiger partial charge in [0.2, 0.25) is 0 Å². The number of anilines is 2. The van der Waals surface area contributed by atoms with Crippen LogP contribution in [0.4, 0.5) is 11.4 Å². The van der Waals surface area contributed by atoms with Gasteiger partial charge in [-0.05, 0) is 123 Å². The van der Waals surface area contributed by atoms with Crippen LogP contribution in [0.15, 0.2) is 91.0 Å². The van der Waals surface area contributed by atoms with Gasteiger partial charge in [0.05, 0.1) is 41.6 Å². The maximum Gasteiger partial charge on any atom is 0.343 e. The summed E-state index contributed by atoms with van der Waals surface area (Å²) in [6, 6.07) is 26.6. The van der Waals surface area contributed by atoms with Crippen molar-refractivity contribution in [2.75, 3.05) is 24.1 Å². The lowest BCUT2D eigenvalue weighted by Gasteiger charge is -2.13. The number of hydrazine groups is 1. The van der Waals surface area contributed by atoms with Gasteiger partial charge in [-0.3, -0.25) is 4.79 Å². The number of ether oxygens (including phenoxy) is 4. The molecule has 4 rings (SSSR count). The summed E-state index contributed by atoms with van der Waals surface area (Å²) in [7, 11) is 0. The highest BCUT2D eigenvalue weighted by Gasteiger charge is 2.14. The minimum Gasteiger partial charge on any atom is -0.494 e. The van der Waals surface area contributed by atoms with Crippen molar-refractivity contribution in [2.45, 2.75) is 59.8 Å². The SMILES string of the molecule is CCCc1ccc(NNc2ccc(OC(=O)c3ccc(OC(=O)c4ccc(OCCCCOC(=O)C(C)CC)cc4)cc3)c(C)c2)cc1. The predicted molar refractivity (Wildman–Crippen MR) is 187 cm³/mol. The molecule has 0 aromatic heterocycles. The molecular formula is C39H44N2O7. The smallest absolute Gasteiger partial charge is 0.343 e. The fraction of sp³-hybridized carbons (Fsp3) is 0.308. The second-order valence-electron chi connectivity index (χ2n) is 11.5. The molecule has 0 bridgehead atoms. The molecule has 0 radical (unpaired) electrons. The quantitative estimate of drug-likeness (QED) is 0.0501. The van der Waals surface area contributed by atoms with Crippen molar-refractivity contribution in [3.8, 4) is 17.2 Å². The van der Waals surface area contributed by atoms with Crippen molar-refractivity contribution in [3.63, 3.8) is 0 Å². The summed E-state index contributed by atoms with van der Waals surface area (Å²) in [6.07, 6.45) is 4.37. The molecule has 0 amide bonds. The Bertz CT molecular complexity index is 1630. The Kier molecular flexibility index (Phi) is 13.4. The van der Waals surface area contributed by atoms with Gasteiger partial charge in [0.15, 0.2) is 0 Å². The highest BCUT2D eigenvalue weighted by atomic mass is 16.5. The van der Waals surface area contributed by atoms with Crippen LogP contribution >= 0.6 is 0 Å². The normalized spacial score (nSPS) is 11.2. The van der Waals surface area contributed by atoms with Crippen molar-refractivity contribution in [2.24, 2.45) is 5.92 Å². The zero-order valence-corrected chi connectivity index (χ0v) is 28.0. The van der Waals surface area contributed by atoms with Crippen LogP contribution in [0.3, 0.4) is 0 Å². The van der Waals surface area contributed by atoms with Gasteiger partial charge < -0.3 is 29.8 Å². The van der Waals surface area contributed by atoms with Crippen molar-refractivity contribution in [3.05, 3.63) is 113 Å². The molecular weight excluding hydrogens is 608 g/mol. The van der Waals surface area contributed by atoms with Crippen molar-refractivity contribution < 1.29 is 33.3 Å². The molecule has 2 N–H and O–H groups in total. The van der Waals surface area contributed by atoms with Crippen LogP contribution < -0.4 is 25.1 Å². The second-order valence-corrected chi connectivity index (χ2v) is 11.5. The number of benzene rings is 4. The third-order valence-electron chi connectivity index (χ3n) is 7.68. The summed E-state index contributed by atoms with van der Waals surface area (Å²) in [6.45, 7) is 8.68. The molecule has 0 fully saturated rings. The standard InChI is InChI=1S/C39H44N2O7/c1-5-9-29-10-16-32(17-11-29)40-41-33-18-23-36(28(4)26-33)48-39(44)31-14-21-35(22-15-31)47-38(43)30-12-19-34(20-13-30)45-24-7-8-25-46-37(42)27(3)6-2/h10-23,26-27,40-41H,5-9,24-25H2,1-4H3. The van der Waals surface area contributed by atoms with Gasteiger partial charge in [0, 0.05) is 0 Å². The van der Waals surface area contributed by atoms with Gasteiger partial charge in [-0.1, -0.05) is 39.3 Å². The van der Waals surface area contributed by atoms with Gasteiger partial charge >= 0.3 is 17.9 Å². The fourth-order valence-corrected chi connectivity index (χ4v) is 4.58. The average molecular weight is 653 g/mol. The van der Waals surface area contributed by atoms with Crippen LogP contribution in [-0.2, 0) is 16.0 Å². The van der Waals surface area contributed by atoms with Crippen molar-refractivity contribution in [1.29, 1.82) is 0 Å². The molecule has 0 saturated carbocycles. The highest BCUT2D eigenvalue weighted by Crippen LogP contribution is 2.24. The Hall–Kier alpha value is -5.31. The van der Waals surface area contributed by atoms with Crippen LogP contribution in [0.25, 0.3) is 0 Å². The predicted octanol–water partition coefficient (Wildman–Crippen LogP) is 8.57. The van der Waals surface area contributed by atoms with Crippen molar-refractivity contribution in [1.82, 2.24) is 0 Å². The molecule has 1 unspecified atom stereocenters. The highest BCUT2D eigenvalue weighted by molar-refractivity contribution is 5.93. The van der Waals surface area contributed by atoms with E-state index in [9.17, 15) is 14.4 Å². The summed E-state index contributed by atoms with van der Waals surface area (Å²) in [5, 5.41) is 0. The number of esters is 3. The molecule has 0 spiro atoms. The molecule has 0 heterocycles. The molecule has 0 saturated heterocycles. The number of nitrogens with one attached hydrogen (secondary N) is 2. The summed E-state index contributed by atoms with van der Waals surface area (Å²) in [5.41, 5.74) is 10.9. The maximum absolute atomic E-state index is 12.8. The van der Waals surface area contributed by atoms with Crippen molar-refractivity contribution >= 4 is 29.3 Å². The second kappa shape index (κ2) is 18.1. The lowest BCUT2D eigenvalue weighted by Crippen LogP contribution is -2.15. The third kappa shape index (κ3) is 10.9. The Morgan fingerprint density at radius 2 is 1.27 bits per heavy atom. The lowest BCUT2D eigenvalue weighted by molar-refractivity contribution is -0.148. The van der Waals surface area contributed by atoms with Gasteiger partial charge in [0.25, 0.3) is 0 Å². The molecule has 4 aromatic rings. The first-order valence-corrected chi connectivity index (χ1v) is 16.4. The number of carbonyl (C=O) groups excluding carboxylic acids is 3. The maximum atomic E-state index is 12.8. The number of hydrogen-bond donors (Lipinski definition) is 2. The third-order valence-corrected chi connectivity index (χ3v) is 7.68. The zero-order chi connectivity index (χ0) is 34.3. The first-order valence-electron chi connectivity index (χ1n) is 16.4. The van der Waals surface area contributed by atoms with Crippen LogP contribution in [0.2, 0.25) is 0 Å². The first-order chi connectivity index (χ1) is 23.2. The molecule has 0 aliphatic carbocycles. The Labute approximate surface area is 282 Å². The fourth-order valence-electron chi connectivity index (χ4n) is 4.58. The lowest BCUT2D eigenvalue weighted by atomic mass is 10.1. The molecule has 48 heavy (non-hydrogen) atoms. The van der Waals surface area contributed by atoms with E-state index in [2.05, 4.69) is 29.9 Å². The molecule has 0 aliphatic rings. The van der Waals surface area contributed by atoms with E-state index in [0.717, 1.165) is 42.6 Å². The number of hydrogen-bond acceptors (Lipinski definition) is 9. The van der Waals surface area contributed by atoms with E-state index < -0.39 is 11.9 Å². The number of unbranched alkanes of at least 4 members (excludes halogenated alkanes) is 1. The van der Waals surface area contributed by atoms with E-state index in [-0.39, 0.29) is 11.9 Å². The van der Waals surface area contributed by atoms with Gasteiger partial charge in [-0.25, -0.2) is 9.59 Å². The number of rotatable bonds is 17. The van der Waals surface area contributed by atoms with E-state index in [1.807, 2.05) is 45.0 Å². The van der Waals surface area contributed by atoms with Crippen LogP contribution in [0, 0.1) is 12.8 Å². The number of aryl methyl sites for hydroxylation is 2. The molecule has 9 nitrogen and oxygen atoms in total. The summed E-state index contributed by atoms with van der Waals surface area (Å²) in [4.78, 5) is 37.2. The summed E-state index contributed by atoms with van der Waals surface area (Å²) < 4.78 is 22.1. The van der Waals surface area contributed by atoms with Crippen LogP contribution in [0.1, 0.15) is 78.3 Å². The monoisotopic (exact) mass is 652 g/mol. The number of carbonyl (C=O) groups is 3. The van der Waals surface area contributed by atoms with E-state index in [0.29, 0.717) is 48.0 Å². The topological polar surface area (TPSA) is 112 Å².